The quantitative estimate of drug-likeness (QED) is 0.886. The Kier molecular flexibility index (Phi) is 4.69. The zero-order valence-electron chi connectivity index (χ0n) is 14.6. The number of halogens is 1. The van der Waals surface area contributed by atoms with E-state index in [2.05, 4.69) is 4.90 Å². The summed E-state index contributed by atoms with van der Waals surface area (Å²) in [4.78, 5) is 2.23. The van der Waals surface area contributed by atoms with Gasteiger partial charge in [-0.2, -0.15) is 0 Å². The molecule has 0 bridgehead atoms. The first-order valence-electron chi connectivity index (χ1n) is 9.17. The van der Waals surface area contributed by atoms with Gasteiger partial charge in [-0.25, -0.2) is 4.39 Å². The Morgan fingerprint density at radius 1 is 1.15 bits per heavy atom. The Morgan fingerprint density at radius 2 is 1.88 bits per heavy atom. The van der Waals surface area contributed by atoms with Crippen LogP contribution in [0.5, 0.6) is 5.75 Å². The predicted octanol–water partition coefficient (Wildman–Crippen LogP) is 3.21. The van der Waals surface area contributed by atoms with E-state index < -0.39 is 17.8 Å². The van der Waals surface area contributed by atoms with Crippen molar-refractivity contribution in [1.82, 2.24) is 4.90 Å². The van der Waals surface area contributed by atoms with E-state index in [1.807, 2.05) is 30.3 Å². The Morgan fingerprint density at radius 3 is 2.62 bits per heavy atom. The monoisotopic (exact) mass is 357 g/mol. The molecule has 4 nitrogen and oxygen atoms in total. The number of piperidine rings is 1. The smallest absolute Gasteiger partial charge is 0.126 e. The molecule has 0 aliphatic carbocycles. The van der Waals surface area contributed by atoms with Crippen LogP contribution in [-0.4, -0.2) is 40.3 Å². The molecule has 2 aromatic carbocycles. The molecular weight excluding hydrogens is 333 g/mol. The Hall–Kier alpha value is -1.95. The van der Waals surface area contributed by atoms with E-state index in [9.17, 15) is 14.6 Å². The summed E-state index contributed by atoms with van der Waals surface area (Å²) in [5.41, 5.74) is 1.06. The molecule has 1 fully saturated rings. The van der Waals surface area contributed by atoms with Crippen molar-refractivity contribution in [3.8, 4) is 5.75 Å². The lowest BCUT2D eigenvalue weighted by molar-refractivity contribution is -0.0589. The standard InChI is InChI=1S/C21H24FNO3/c22-16-6-7-20-17(12-16)18(24)13-21(26-20)8-10-23(11-9-21)14-19(25)15-4-2-1-3-5-15/h1-7,12,18-19,24-25H,8-11,13-14H2/t18-,19-/m0/s1. The van der Waals surface area contributed by atoms with Crippen LogP contribution >= 0.6 is 0 Å². The van der Waals surface area contributed by atoms with Crippen LogP contribution in [0.1, 0.15) is 42.6 Å². The van der Waals surface area contributed by atoms with E-state index in [0.717, 1.165) is 31.5 Å². The molecule has 0 saturated carbocycles. The van der Waals surface area contributed by atoms with Crippen molar-refractivity contribution < 1.29 is 19.3 Å². The summed E-state index contributed by atoms with van der Waals surface area (Å²) in [7, 11) is 0. The van der Waals surface area contributed by atoms with Crippen LogP contribution in [0.4, 0.5) is 4.39 Å². The number of ether oxygens (including phenoxy) is 1. The largest absolute Gasteiger partial charge is 0.487 e. The molecule has 138 valence electrons. The van der Waals surface area contributed by atoms with Gasteiger partial charge >= 0.3 is 0 Å². The van der Waals surface area contributed by atoms with E-state index in [4.69, 9.17) is 4.74 Å². The van der Waals surface area contributed by atoms with Gasteiger partial charge in [0.15, 0.2) is 0 Å². The van der Waals surface area contributed by atoms with E-state index in [-0.39, 0.29) is 5.82 Å². The Balaban J connectivity index is 1.40. The summed E-state index contributed by atoms with van der Waals surface area (Å²) in [5.74, 6) is 0.231. The second-order valence-corrected chi connectivity index (χ2v) is 7.41. The molecule has 2 N–H and O–H groups in total. The highest BCUT2D eigenvalue weighted by molar-refractivity contribution is 5.38. The first-order valence-corrected chi connectivity index (χ1v) is 9.17. The minimum atomic E-state index is -0.698. The summed E-state index contributed by atoms with van der Waals surface area (Å²) < 4.78 is 19.6. The number of benzene rings is 2. The molecule has 5 heteroatoms. The van der Waals surface area contributed by atoms with Gasteiger partial charge in [-0.05, 0) is 36.6 Å². The minimum absolute atomic E-state index is 0.355. The third-order valence-electron chi connectivity index (χ3n) is 5.61. The van der Waals surface area contributed by atoms with Gasteiger partial charge in [0.2, 0.25) is 0 Å². The third-order valence-corrected chi connectivity index (χ3v) is 5.61. The molecule has 1 saturated heterocycles. The fourth-order valence-electron chi connectivity index (χ4n) is 4.08. The van der Waals surface area contributed by atoms with Gasteiger partial charge in [0, 0.05) is 31.6 Å². The molecular formula is C21H24FNO3. The minimum Gasteiger partial charge on any atom is -0.487 e. The molecule has 2 atom stereocenters. The highest BCUT2D eigenvalue weighted by atomic mass is 19.1. The number of hydrogen-bond donors (Lipinski definition) is 2. The van der Waals surface area contributed by atoms with E-state index in [1.165, 1.54) is 12.1 Å². The third kappa shape index (κ3) is 3.47. The predicted molar refractivity (Wildman–Crippen MR) is 96.4 cm³/mol. The maximum Gasteiger partial charge on any atom is 0.126 e. The number of β-amino-alcohol motifs (C(OH)–C–C–N with tert-alkyl or cyclic N) is 1. The van der Waals surface area contributed by atoms with Gasteiger partial charge < -0.3 is 19.8 Å². The first-order chi connectivity index (χ1) is 12.5. The number of aliphatic hydroxyl groups excluding tert-OH is 2. The maximum atomic E-state index is 13.4. The number of aliphatic hydroxyl groups is 2. The van der Waals surface area contributed by atoms with Crippen LogP contribution in [0.15, 0.2) is 48.5 Å². The van der Waals surface area contributed by atoms with Gasteiger partial charge in [-0.1, -0.05) is 30.3 Å². The van der Waals surface area contributed by atoms with Crippen LogP contribution in [0.2, 0.25) is 0 Å². The Labute approximate surface area is 152 Å². The lowest BCUT2D eigenvalue weighted by Gasteiger charge is -2.46. The van der Waals surface area contributed by atoms with Gasteiger partial charge in [0.1, 0.15) is 17.2 Å². The molecule has 26 heavy (non-hydrogen) atoms. The molecule has 4 rings (SSSR count). The van der Waals surface area contributed by atoms with Crippen molar-refractivity contribution in [2.75, 3.05) is 19.6 Å². The van der Waals surface area contributed by atoms with Gasteiger partial charge in [0.05, 0.1) is 12.2 Å². The second-order valence-electron chi connectivity index (χ2n) is 7.41. The number of likely N-dealkylation sites (tertiary alicyclic amines) is 1. The molecule has 0 radical (unpaired) electrons. The fourth-order valence-corrected chi connectivity index (χ4v) is 4.08. The number of hydrogen-bond acceptors (Lipinski definition) is 4. The number of nitrogens with zero attached hydrogens (tertiary/aromatic N) is 1. The maximum absolute atomic E-state index is 13.4. The first kappa shape index (κ1) is 17.5. The van der Waals surface area contributed by atoms with Crippen molar-refractivity contribution in [3.63, 3.8) is 0 Å². The molecule has 2 heterocycles. The molecule has 2 aliphatic rings. The number of fused-ring (bicyclic) bond motifs is 1. The SMILES string of the molecule is O[C@@H](CN1CCC2(CC1)C[C@H](O)c1cc(F)ccc1O2)c1ccccc1. The fraction of sp³-hybridized carbons (Fsp3) is 0.429. The van der Waals surface area contributed by atoms with Crippen molar-refractivity contribution in [1.29, 1.82) is 0 Å². The van der Waals surface area contributed by atoms with Crippen molar-refractivity contribution >= 4 is 0 Å². The average molecular weight is 357 g/mol. The lowest BCUT2D eigenvalue weighted by Crippen LogP contribution is -2.51. The normalized spacial score (nSPS) is 23.3. The van der Waals surface area contributed by atoms with E-state index in [0.29, 0.717) is 24.3 Å². The van der Waals surface area contributed by atoms with Crippen LogP contribution in [0.25, 0.3) is 0 Å². The average Bonchev–Trinajstić information content (AvgIpc) is 2.65. The molecule has 0 unspecified atom stereocenters. The van der Waals surface area contributed by atoms with Crippen molar-refractivity contribution in [2.45, 2.75) is 37.1 Å². The lowest BCUT2D eigenvalue weighted by atomic mass is 9.81. The van der Waals surface area contributed by atoms with Crippen LogP contribution < -0.4 is 4.74 Å². The summed E-state index contributed by atoms with van der Waals surface area (Å²) in [6, 6.07) is 14.0. The molecule has 1 spiro atoms. The zero-order chi connectivity index (χ0) is 18.1. The van der Waals surface area contributed by atoms with Gasteiger partial charge in [-0.3, -0.25) is 0 Å². The summed E-state index contributed by atoms with van der Waals surface area (Å²) >= 11 is 0. The van der Waals surface area contributed by atoms with E-state index in [1.54, 1.807) is 6.07 Å². The van der Waals surface area contributed by atoms with Gasteiger partial charge in [-0.15, -0.1) is 0 Å². The van der Waals surface area contributed by atoms with Crippen molar-refractivity contribution in [3.05, 3.63) is 65.5 Å². The molecule has 2 aromatic rings. The van der Waals surface area contributed by atoms with Crippen LogP contribution in [0, 0.1) is 5.82 Å². The van der Waals surface area contributed by atoms with Gasteiger partial charge in [0.25, 0.3) is 0 Å². The zero-order valence-corrected chi connectivity index (χ0v) is 14.6. The highest BCUT2D eigenvalue weighted by Crippen LogP contribution is 2.44. The van der Waals surface area contributed by atoms with Crippen LogP contribution in [0.3, 0.4) is 0 Å². The van der Waals surface area contributed by atoms with Crippen molar-refractivity contribution in [2.24, 2.45) is 0 Å². The second kappa shape index (κ2) is 6.99. The molecule has 0 aromatic heterocycles. The van der Waals surface area contributed by atoms with Crippen LogP contribution in [-0.2, 0) is 0 Å². The topological polar surface area (TPSA) is 52.9 Å². The summed E-state index contributed by atoms with van der Waals surface area (Å²) in [6.45, 7) is 2.19. The Bertz CT molecular complexity index is 759. The summed E-state index contributed by atoms with van der Waals surface area (Å²) in [5, 5.41) is 20.9. The molecule has 0 amide bonds. The number of rotatable bonds is 3. The summed E-state index contributed by atoms with van der Waals surface area (Å²) in [6.07, 6.45) is 0.839. The highest BCUT2D eigenvalue weighted by Gasteiger charge is 2.43. The molecule has 2 aliphatic heterocycles. The van der Waals surface area contributed by atoms with E-state index >= 15 is 0 Å².